The van der Waals surface area contributed by atoms with Crippen LogP contribution in [0, 0.1) is 0 Å². The molecule has 0 saturated carbocycles. The van der Waals surface area contributed by atoms with Crippen LogP contribution in [-0.4, -0.2) is 12.5 Å². The Balaban J connectivity index is 1.50. The van der Waals surface area contributed by atoms with Gasteiger partial charge in [-0.15, -0.1) is 0 Å². The summed E-state index contributed by atoms with van der Waals surface area (Å²) in [7, 11) is 0. The van der Waals surface area contributed by atoms with Crippen LogP contribution < -0.4 is 15.4 Å². The third kappa shape index (κ3) is 4.61. The maximum atomic E-state index is 11.8. The van der Waals surface area contributed by atoms with E-state index in [0.29, 0.717) is 5.75 Å². The standard InChI is InChI=1S/C20H18N2O2/c23-20(22-17-9-5-2-6-10-17)15-24-19-13-11-18(12-14-19)21-16-7-3-1-4-8-16/h1-14,21H,15H2,(H,22,23). The molecule has 0 bridgehead atoms. The number of rotatable bonds is 6. The molecule has 0 radical (unpaired) electrons. The molecule has 4 heteroatoms. The van der Waals surface area contributed by atoms with Crippen LogP contribution in [-0.2, 0) is 4.79 Å². The van der Waals surface area contributed by atoms with Crippen molar-refractivity contribution in [2.75, 3.05) is 17.2 Å². The molecule has 4 nitrogen and oxygen atoms in total. The number of anilines is 3. The fourth-order valence-corrected chi connectivity index (χ4v) is 2.19. The summed E-state index contributed by atoms with van der Waals surface area (Å²) in [6.45, 7) is -0.0274. The molecule has 0 heterocycles. The largest absolute Gasteiger partial charge is 0.484 e. The van der Waals surface area contributed by atoms with Gasteiger partial charge in [0, 0.05) is 17.1 Å². The van der Waals surface area contributed by atoms with E-state index in [1.165, 1.54) is 0 Å². The van der Waals surface area contributed by atoms with Crippen molar-refractivity contribution in [1.29, 1.82) is 0 Å². The van der Waals surface area contributed by atoms with Crippen molar-refractivity contribution in [3.8, 4) is 5.75 Å². The summed E-state index contributed by atoms with van der Waals surface area (Å²) in [4.78, 5) is 11.8. The van der Waals surface area contributed by atoms with E-state index < -0.39 is 0 Å². The minimum Gasteiger partial charge on any atom is -0.484 e. The summed E-state index contributed by atoms with van der Waals surface area (Å²) < 4.78 is 5.51. The third-order valence-electron chi connectivity index (χ3n) is 3.34. The first kappa shape index (κ1) is 15.6. The lowest BCUT2D eigenvalue weighted by Crippen LogP contribution is -2.20. The second-order valence-corrected chi connectivity index (χ2v) is 5.22. The van der Waals surface area contributed by atoms with Gasteiger partial charge in [-0.3, -0.25) is 4.79 Å². The van der Waals surface area contributed by atoms with Crippen molar-refractivity contribution in [2.24, 2.45) is 0 Å². The molecule has 0 aliphatic rings. The van der Waals surface area contributed by atoms with Crippen molar-refractivity contribution >= 4 is 23.0 Å². The topological polar surface area (TPSA) is 50.4 Å². The number of amides is 1. The van der Waals surface area contributed by atoms with Gasteiger partial charge in [0.15, 0.2) is 6.61 Å². The summed E-state index contributed by atoms with van der Waals surface area (Å²) in [5, 5.41) is 6.07. The van der Waals surface area contributed by atoms with Crippen LogP contribution in [0.15, 0.2) is 84.9 Å². The number of ether oxygens (including phenoxy) is 1. The molecule has 0 fully saturated rings. The summed E-state index contributed by atoms with van der Waals surface area (Å²) in [6, 6.07) is 26.7. The average Bonchev–Trinajstić information content (AvgIpc) is 2.63. The van der Waals surface area contributed by atoms with Crippen molar-refractivity contribution in [3.05, 3.63) is 84.9 Å². The lowest BCUT2D eigenvalue weighted by atomic mass is 10.2. The number of carbonyl (C=O) groups is 1. The Bertz CT molecular complexity index is 772. The average molecular weight is 318 g/mol. The van der Waals surface area contributed by atoms with Gasteiger partial charge in [-0.25, -0.2) is 0 Å². The number of hydrogen-bond acceptors (Lipinski definition) is 3. The SMILES string of the molecule is O=C(COc1ccc(Nc2ccccc2)cc1)Nc1ccccc1. The summed E-state index contributed by atoms with van der Waals surface area (Å²) in [5.74, 6) is 0.463. The van der Waals surface area contributed by atoms with Crippen LogP contribution in [0.1, 0.15) is 0 Å². The van der Waals surface area contributed by atoms with Gasteiger partial charge in [-0.2, -0.15) is 0 Å². The summed E-state index contributed by atoms with van der Waals surface area (Å²) in [6.07, 6.45) is 0. The number of hydrogen-bond donors (Lipinski definition) is 2. The molecule has 0 atom stereocenters. The second kappa shape index (κ2) is 7.83. The predicted molar refractivity (Wildman–Crippen MR) is 96.7 cm³/mol. The van der Waals surface area contributed by atoms with E-state index in [1.54, 1.807) is 0 Å². The molecule has 0 saturated heterocycles. The summed E-state index contributed by atoms with van der Waals surface area (Å²) in [5.41, 5.74) is 2.74. The molecule has 0 aliphatic carbocycles. The highest BCUT2D eigenvalue weighted by Gasteiger charge is 2.03. The maximum Gasteiger partial charge on any atom is 0.262 e. The molecule has 0 aromatic heterocycles. The Morgan fingerprint density at radius 3 is 1.88 bits per heavy atom. The van der Waals surface area contributed by atoms with Gasteiger partial charge in [0.1, 0.15) is 5.75 Å². The van der Waals surface area contributed by atoms with Gasteiger partial charge in [0.2, 0.25) is 0 Å². The Labute approximate surface area is 141 Å². The van der Waals surface area contributed by atoms with Gasteiger partial charge in [-0.1, -0.05) is 36.4 Å². The Morgan fingerprint density at radius 2 is 1.25 bits per heavy atom. The lowest BCUT2D eigenvalue weighted by Gasteiger charge is -2.09. The highest BCUT2D eigenvalue weighted by atomic mass is 16.5. The zero-order chi connectivity index (χ0) is 16.6. The van der Waals surface area contributed by atoms with Gasteiger partial charge >= 0.3 is 0 Å². The molecule has 0 unspecified atom stereocenters. The molecule has 3 aromatic carbocycles. The minimum absolute atomic E-state index is 0.0274. The lowest BCUT2D eigenvalue weighted by molar-refractivity contribution is -0.118. The molecule has 2 N–H and O–H groups in total. The normalized spacial score (nSPS) is 10.0. The van der Waals surface area contributed by atoms with Crippen LogP contribution in [0.2, 0.25) is 0 Å². The molecule has 24 heavy (non-hydrogen) atoms. The fourth-order valence-electron chi connectivity index (χ4n) is 2.19. The van der Waals surface area contributed by atoms with Gasteiger partial charge in [0.25, 0.3) is 5.91 Å². The first-order valence-corrected chi connectivity index (χ1v) is 7.69. The van der Waals surface area contributed by atoms with Gasteiger partial charge < -0.3 is 15.4 Å². The molecule has 0 aliphatic heterocycles. The van der Waals surface area contributed by atoms with E-state index in [4.69, 9.17) is 4.74 Å². The smallest absolute Gasteiger partial charge is 0.262 e. The van der Waals surface area contributed by atoms with Gasteiger partial charge in [-0.05, 0) is 48.5 Å². The van der Waals surface area contributed by atoms with E-state index in [1.807, 2.05) is 84.9 Å². The number of nitrogens with one attached hydrogen (secondary N) is 2. The molecule has 3 rings (SSSR count). The second-order valence-electron chi connectivity index (χ2n) is 5.22. The van der Waals surface area contributed by atoms with E-state index in [0.717, 1.165) is 17.1 Å². The number of para-hydroxylation sites is 2. The first-order valence-electron chi connectivity index (χ1n) is 7.69. The molecule has 120 valence electrons. The third-order valence-corrected chi connectivity index (χ3v) is 3.34. The number of carbonyl (C=O) groups excluding carboxylic acids is 1. The minimum atomic E-state index is -0.187. The molecule has 1 amide bonds. The predicted octanol–water partition coefficient (Wildman–Crippen LogP) is 4.45. The quantitative estimate of drug-likeness (QED) is 0.706. The van der Waals surface area contributed by atoms with Crippen molar-refractivity contribution in [1.82, 2.24) is 0 Å². The molecular weight excluding hydrogens is 300 g/mol. The first-order chi connectivity index (χ1) is 11.8. The Kier molecular flexibility index (Phi) is 5.10. The number of benzene rings is 3. The zero-order valence-electron chi connectivity index (χ0n) is 13.1. The van der Waals surface area contributed by atoms with Crippen LogP contribution >= 0.6 is 0 Å². The molecule has 3 aromatic rings. The summed E-state index contributed by atoms with van der Waals surface area (Å²) >= 11 is 0. The van der Waals surface area contributed by atoms with Crippen molar-refractivity contribution in [3.63, 3.8) is 0 Å². The fraction of sp³-hybridized carbons (Fsp3) is 0.0500. The van der Waals surface area contributed by atoms with Crippen LogP contribution in [0.5, 0.6) is 5.75 Å². The Hall–Kier alpha value is -3.27. The van der Waals surface area contributed by atoms with E-state index >= 15 is 0 Å². The maximum absolute atomic E-state index is 11.8. The monoisotopic (exact) mass is 318 g/mol. The molecule has 0 spiro atoms. The highest BCUT2D eigenvalue weighted by molar-refractivity contribution is 5.91. The van der Waals surface area contributed by atoms with Crippen LogP contribution in [0.25, 0.3) is 0 Å². The van der Waals surface area contributed by atoms with E-state index in [2.05, 4.69) is 10.6 Å². The van der Waals surface area contributed by atoms with E-state index in [9.17, 15) is 4.79 Å². The highest BCUT2D eigenvalue weighted by Crippen LogP contribution is 2.19. The van der Waals surface area contributed by atoms with Gasteiger partial charge in [0.05, 0.1) is 0 Å². The van der Waals surface area contributed by atoms with Crippen LogP contribution in [0.4, 0.5) is 17.1 Å². The van der Waals surface area contributed by atoms with Crippen molar-refractivity contribution in [2.45, 2.75) is 0 Å². The van der Waals surface area contributed by atoms with Crippen LogP contribution in [0.3, 0.4) is 0 Å². The molecular formula is C20H18N2O2. The zero-order valence-corrected chi connectivity index (χ0v) is 13.1. The Morgan fingerprint density at radius 1 is 0.708 bits per heavy atom. The van der Waals surface area contributed by atoms with Crippen molar-refractivity contribution < 1.29 is 9.53 Å². The van der Waals surface area contributed by atoms with E-state index in [-0.39, 0.29) is 12.5 Å².